The molecule has 0 radical (unpaired) electrons. The van der Waals surface area contributed by atoms with Crippen molar-refractivity contribution in [3.8, 4) is 0 Å². The van der Waals surface area contributed by atoms with Gasteiger partial charge < -0.3 is 5.11 Å². The van der Waals surface area contributed by atoms with Crippen LogP contribution in [0.15, 0.2) is 24.3 Å². The van der Waals surface area contributed by atoms with Crippen molar-refractivity contribution in [3.05, 3.63) is 35.4 Å². The molecule has 2 heteroatoms. The fourth-order valence-corrected chi connectivity index (χ4v) is 5.18. The number of aryl methyl sites for hydroxylation is 1. The Kier molecular flexibility index (Phi) is 2.95. The third kappa shape index (κ3) is 2.25. The summed E-state index contributed by atoms with van der Waals surface area (Å²) in [5.41, 5.74) is 1.82. The largest absolute Gasteiger partial charge is 0.385 e. The van der Waals surface area contributed by atoms with Crippen LogP contribution in [0.25, 0.3) is 0 Å². The average molecular weight is 248 g/mol. The fraction of sp³-hybridized carbons (Fsp3) is 0.600. The summed E-state index contributed by atoms with van der Waals surface area (Å²) in [6.45, 7) is 2.10. The van der Waals surface area contributed by atoms with E-state index in [2.05, 4.69) is 43.0 Å². The number of fused-ring (bicyclic) bond motifs is 2. The van der Waals surface area contributed by atoms with Crippen molar-refractivity contribution < 1.29 is 5.11 Å². The van der Waals surface area contributed by atoms with Gasteiger partial charge in [0.25, 0.3) is 0 Å². The van der Waals surface area contributed by atoms with Gasteiger partial charge in [-0.1, -0.05) is 36.2 Å². The minimum absolute atomic E-state index is 0.562. The lowest BCUT2D eigenvalue weighted by Crippen LogP contribution is -2.40. The summed E-state index contributed by atoms with van der Waals surface area (Å²) in [7, 11) is 0. The Hall–Kier alpha value is -0.470. The van der Waals surface area contributed by atoms with E-state index in [-0.39, 0.29) is 0 Å². The fourth-order valence-electron chi connectivity index (χ4n) is 3.29. The van der Waals surface area contributed by atoms with Gasteiger partial charge in [0.15, 0.2) is 0 Å². The van der Waals surface area contributed by atoms with Gasteiger partial charge in [-0.25, -0.2) is 0 Å². The topological polar surface area (TPSA) is 20.2 Å². The van der Waals surface area contributed by atoms with E-state index in [1.54, 1.807) is 0 Å². The summed E-state index contributed by atoms with van der Waals surface area (Å²) in [5, 5.41) is 12.3. The molecule has 2 aliphatic rings. The first-order chi connectivity index (χ1) is 8.16. The highest BCUT2D eigenvalue weighted by atomic mass is 32.2. The standard InChI is InChI=1S/C15H20OS/c1-11-4-2-5-12(8-11)15(16)9-13-6-3-7-14(10-15)17-13/h2,4-5,8,13-14,16H,3,6-7,9-10H2,1H3. The van der Waals surface area contributed by atoms with Crippen molar-refractivity contribution in [2.45, 2.75) is 55.1 Å². The smallest absolute Gasteiger partial charge is 0.0917 e. The molecule has 3 rings (SSSR count). The highest BCUT2D eigenvalue weighted by molar-refractivity contribution is 8.00. The molecule has 1 aromatic rings. The molecule has 0 saturated carbocycles. The van der Waals surface area contributed by atoms with Crippen LogP contribution in [0.4, 0.5) is 0 Å². The lowest BCUT2D eigenvalue weighted by atomic mass is 9.80. The highest BCUT2D eigenvalue weighted by Crippen LogP contribution is 2.49. The summed E-state index contributed by atoms with van der Waals surface area (Å²) >= 11 is 2.11. The number of thioether (sulfide) groups is 1. The van der Waals surface area contributed by atoms with Crippen molar-refractivity contribution in [1.82, 2.24) is 0 Å². The van der Waals surface area contributed by atoms with Crippen LogP contribution in [-0.4, -0.2) is 15.6 Å². The zero-order valence-corrected chi connectivity index (χ0v) is 11.2. The van der Waals surface area contributed by atoms with Gasteiger partial charge in [-0.2, -0.15) is 11.8 Å². The molecular weight excluding hydrogens is 228 g/mol. The van der Waals surface area contributed by atoms with Crippen molar-refractivity contribution in [3.63, 3.8) is 0 Å². The molecule has 1 nitrogen and oxygen atoms in total. The second-order valence-corrected chi connectivity index (χ2v) is 7.23. The SMILES string of the molecule is Cc1cccc(C2(O)CC3CCCC(C2)S3)c1. The summed E-state index contributed by atoms with van der Waals surface area (Å²) in [4.78, 5) is 0. The molecule has 2 heterocycles. The van der Waals surface area contributed by atoms with Crippen molar-refractivity contribution in [1.29, 1.82) is 0 Å². The van der Waals surface area contributed by atoms with Crippen LogP contribution in [0, 0.1) is 6.92 Å². The van der Waals surface area contributed by atoms with E-state index in [9.17, 15) is 5.11 Å². The van der Waals surface area contributed by atoms with Crippen LogP contribution in [0.2, 0.25) is 0 Å². The third-order valence-corrected chi connectivity index (χ3v) is 5.70. The average Bonchev–Trinajstić information content (AvgIpc) is 2.28. The van der Waals surface area contributed by atoms with Gasteiger partial charge in [-0.3, -0.25) is 0 Å². The second kappa shape index (κ2) is 4.33. The molecule has 2 fully saturated rings. The molecule has 0 aromatic heterocycles. The van der Waals surface area contributed by atoms with Crippen LogP contribution in [-0.2, 0) is 5.60 Å². The molecule has 1 aromatic carbocycles. The van der Waals surface area contributed by atoms with Crippen LogP contribution in [0.5, 0.6) is 0 Å². The Labute approximate surface area is 108 Å². The van der Waals surface area contributed by atoms with E-state index >= 15 is 0 Å². The first-order valence-corrected chi connectivity index (χ1v) is 7.55. The van der Waals surface area contributed by atoms with Gasteiger partial charge in [0.05, 0.1) is 5.60 Å². The molecule has 2 saturated heterocycles. The first kappa shape index (κ1) is 11.6. The van der Waals surface area contributed by atoms with E-state index in [0.29, 0.717) is 10.5 Å². The quantitative estimate of drug-likeness (QED) is 0.819. The lowest BCUT2D eigenvalue weighted by Gasteiger charge is -2.44. The maximum atomic E-state index is 11.0. The Balaban J connectivity index is 1.90. The zero-order valence-electron chi connectivity index (χ0n) is 10.4. The Morgan fingerprint density at radius 2 is 1.94 bits per heavy atom. The first-order valence-electron chi connectivity index (χ1n) is 6.61. The maximum Gasteiger partial charge on any atom is 0.0917 e. The number of benzene rings is 1. The number of hydrogen-bond donors (Lipinski definition) is 1. The molecule has 2 atom stereocenters. The number of aliphatic hydroxyl groups is 1. The second-order valence-electron chi connectivity index (χ2n) is 5.62. The van der Waals surface area contributed by atoms with Gasteiger partial charge in [-0.15, -0.1) is 0 Å². The molecule has 92 valence electrons. The summed E-state index contributed by atoms with van der Waals surface area (Å²) < 4.78 is 0. The van der Waals surface area contributed by atoms with Gasteiger partial charge in [0.2, 0.25) is 0 Å². The van der Waals surface area contributed by atoms with Crippen molar-refractivity contribution in [2.24, 2.45) is 0 Å². The van der Waals surface area contributed by atoms with E-state index in [0.717, 1.165) is 18.4 Å². The molecular formula is C15H20OS. The van der Waals surface area contributed by atoms with Crippen LogP contribution in [0.1, 0.15) is 43.2 Å². The third-order valence-electron chi connectivity index (χ3n) is 4.12. The molecule has 1 N–H and O–H groups in total. The highest BCUT2D eigenvalue weighted by Gasteiger charge is 2.42. The van der Waals surface area contributed by atoms with Gasteiger partial charge in [0, 0.05) is 10.5 Å². The maximum absolute atomic E-state index is 11.0. The Morgan fingerprint density at radius 3 is 2.59 bits per heavy atom. The van der Waals surface area contributed by atoms with E-state index < -0.39 is 5.60 Å². The number of rotatable bonds is 1. The van der Waals surface area contributed by atoms with Crippen LogP contribution in [0.3, 0.4) is 0 Å². The van der Waals surface area contributed by atoms with E-state index in [1.165, 1.54) is 24.8 Å². The molecule has 2 unspecified atom stereocenters. The van der Waals surface area contributed by atoms with E-state index in [4.69, 9.17) is 0 Å². The zero-order chi connectivity index (χ0) is 11.9. The molecule has 17 heavy (non-hydrogen) atoms. The monoisotopic (exact) mass is 248 g/mol. The van der Waals surface area contributed by atoms with Gasteiger partial charge >= 0.3 is 0 Å². The predicted octanol–water partition coefficient (Wildman–Crippen LogP) is 3.63. The summed E-state index contributed by atoms with van der Waals surface area (Å²) in [6, 6.07) is 8.43. The summed E-state index contributed by atoms with van der Waals surface area (Å²) in [5.74, 6) is 0. The Bertz CT molecular complexity index is 403. The van der Waals surface area contributed by atoms with Crippen LogP contribution >= 0.6 is 11.8 Å². The van der Waals surface area contributed by atoms with Crippen LogP contribution < -0.4 is 0 Å². The molecule has 0 amide bonds. The predicted molar refractivity (Wildman–Crippen MR) is 73.3 cm³/mol. The number of hydrogen-bond acceptors (Lipinski definition) is 2. The molecule has 2 bridgehead atoms. The summed E-state index contributed by atoms with van der Waals surface area (Å²) in [6.07, 6.45) is 5.81. The molecule has 2 aliphatic heterocycles. The molecule has 0 aliphatic carbocycles. The van der Waals surface area contributed by atoms with Crippen molar-refractivity contribution >= 4 is 11.8 Å². The molecule has 0 spiro atoms. The van der Waals surface area contributed by atoms with Crippen molar-refractivity contribution in [2.75, 3.05) is 0 Å². The normalized spacial score (nSPS) is 36.8. The van der Waals surface area contributed by atoms with Gasteiger partial charge in [-0.05, 0) is 38.2 Å². The van der Waals surface area contributed by atoms with Gasteiger partial charge in [0.1, 0.15) is 0 Å². The van der Waals surface area contributed by atoms with E-state index in [1.807, 2.05) is 0 Å². The minimum Gasteiger partial charge on any atom is -0.385 e. The minimum atomic E-state index is -0.562. The lowest BCUT2D eigenvalue weighted by molar-refractivity contribution is 0.00808. The Morgan fingerprint density at radius 1 is 1.24 bits per heavy atom.